The minimum absolute atomic E-state index is 0.918. The molecule has 0 spiro atoms. The van der Waals surface area contributed by atoms with Gasteiger partial charge < -0.3 is 13.6 Å². The number of benzene rings is 9. The third kappa shape index (κ3) is 4.50. The minimum Gasteiger partial charge on any atom is -0.455 e. The van der Waals surface area contributed by atoms with Crippen LogP contribution in [-0.2, 0) is 0 Å². The van der Waals surface area contributed by atoms with Gasteiger partial charge in [-0.05, 0) is 94.2 Å². The van der Waals surface area contributed by atoms with Gasteiger partial charge in [0, 0.05) is 49.3 Å². The molecule has 0 aliphatic rings. The molecule has 0 unspecified atom stereocenters. The summed E-state index contributed by atoms with van der Waals surface area (Å²) in [5.41, 5.74) is 13.6. The number of furan rings is 1. The van der Waals surface area contributed by atoms with Crippen LogP contribution in [0, 0.1) is 0 Å². The molecule has 9 aromatic carbocycles. The van der Waals surface area contributed by atoms with Gasteiger partial charge in [-0.15, -0.1) is 0 Å². The molecule has 3 heterocycles. The number of nitrogens with zero attached hydrogens (tertiary/aromatic N) is 2. The Kier molecular flexibility index (Phi) is 6.34. The van der Waals surface area contributed by atoms with E-state index in [2.05, 4.69) is 191 Å². The predicted molar refractivity (Wildman–Crippen MR) is 231 cm³/mol. The summed E-state index contributed by atoms with van der Waals surface area (Å²) < 4.78 is 11.2. The van der Waals surface area contributed by atoms with Crippen LogP contribution in [-0.4, -0.2) is 9.13 Å². The molecule has 3 nitrogen and oxygen atoms in total. The molecule has 0 bridgehead atoms. The largest absolute Gasteiger partial charge is 0.455 e. The third-order valence-electron chi connectivity index (χ3n) is 11.5. The van der Waals surface area contributed by atoms with E-state index >= 15 is 0 Å². The lowest BCUT2D eigenvalue weighted by atomic mass is 9.99. The van der Waals surface area contributed by atoms with Crippen LogP contribution in [0.4, 0.5) is 0 Å². The van der Waals surface area contributed by atoms with Crippen molar-refractivity contribution in [1.29, 1.82) is 0 Å². The highest BCUT2D eigenvalue weighted by Gasteiger charge is 2.17. The molecule has 0 aliphatic heterocycles. The van der Waals surface area contributed by atoms with Crippen LogP contribution in [0.1, 0.15) is 0 Å². The van der Waals surface area contributed by atoms with Gasteiger partial charge in [0.25, 0.3) is 0 Å². The maximum atomic E-state index is 6.40. The summed E-state index contributed by atoms with van der Waals surface area (Å²) in [7, 11) is 0. The molecular formula is C52H32N2O. The van der Waals surface area contributed by atoms with E-state index in [0.29, 0.717) is 0 Å². The monoisotopic (exact) mass is 700 g/mol. The van der Waals surface area contributed by atoms with Crippen molar-refractivity contribution in [2.75, 3.05) is 0 Å². The molecule has 0 saturated carbocycles. The maximum absolute atomic E-state index is 6.40. The first-order chi connectivity index (χ1) is 27.3. The first-order valence-electron chi connectivity index (χ1n) is 18.8. The highest BCUT2D eigenvalue weighted by molar-refractivity contribution is 6.13. The zero-order chi connectivity index (χ0) is 36.0. The SMILES string of the molecule is c1ccc(-n2c3ccccc3c3cc(-c4ccc5c6ccccc6n(-c6ccc7cc(-c8cccc9c8oc8ccccc89)ccc7c6)c5c4)ccc32)cc1. The maximum Gasteiger partial charge on any atom is 0.143 e. The first-order valence-corrected chi connectivity index (χ1v) is 18.8. The van der Waals surface area contributed by atoms with E-state index in [0.717, 1.165) is 38.8 Å². The van der Waals surface area contributed by atoms with Crippen molar-refractivity contribution in [1.82, 2.24) is 9.13 Å². The van der Waals surface area contributed by atoms with Crippen molar-refractivity contribution in [3.63, 3.8) is 0 Å². The van der Waals surface area contributed by atoms with Crippen LogP contribution < -0.4 is 0 Å². The Morgan fingerprint density at radius 2 is 0.909 bits per heavy atom. The molecular weight excluding hydrogens is 669 g/mol. The molecule has 0 radical (unpaired) electrons. The lowest BCUT2D eigenvalue weighted by Crippen LogP contribution is -1.94. The van der Waals surface area contributed by atoms with E-state index in [1.807, 2.05) is 12.1 Å². The average Bonchev–Trinajstić information content (AvgIpc) is 3.91. The Morgan fingerprint density at radius 1 is 0.309 bits per heavy atom. The summed E-state index contributed by atoms with van der Waals surface area (Å²) in [6.45, 7) is 0. The number of aromatic nitrogens is 2. The number of hydrogen-bond donors (Lipinski definition) is 0. The molecule has 12 rings (SSSR count). The predicted octanol–water partition coefficient (Wildman–Crippen LogP) is 14.3. The van der Waals surface area contributed by atoms with Gasteiger partial charge in [0.1, 0.15) is 11.2 Å². The van der Waals surface area contributed by atoms with Crippen molar-refractivity contribution in [3.8, 4) is 33.6 Å². The Bertz CT molecular complexity index is 3490. The highest BCUT2D eigenvalue weighted by Crippen LogP contribution is 2.40. The van der Waals surface area contributed by atoms with Crippen molar-refractivity contribution < 1.29 is 4.42 Å². The van der Waals surface area contributed by atoms with E-state index in [-0.39, 0.29) is 0 Å². The molecule has 3 aromatic heterocycles. The zero-order valence-corrected chi connectivity index (χ0v) is 29.8. The van der Waals surface area contributed by atoms with Crippen molar-refractivity contribution in [2.24, 2.45) is 0 Å². The summed E-state index contributed by atoms with van der Waals surface area (Å²) in [5.74, 6) is 0. The standard InChI is InChI=1S/C52H32N2O/c1-2-11-38(12-3-1)53-48-19-8-5-14-42(48)46-31-35(25-28-49(46)53)36-24-27-43-41-13-4-7-18-47(41)54(50(43)32-36)39-26-23-33-29-37(22-21-34(33)30-39)40-16-10-17-45-44-15-6-9-20-51(44)55-52(40)45/h1-32H. The van der Waals surface area contributed by atoms with E-state index in [4.69, 9.17) is 4.42 Å². The van der Waals surface area contributed by atoms with Crippen molar-refractivity contribution in [3.05, 3.63) is 194 Å². The smallest absolute Gasteiger partial charge is 0.143 e. The van der Waals surface area contributed by atoms with E-state index in [1.165, 1.54) is 71.2 Å². The topological polar surface area (TPSA) is 23.0 Å². The van der Waals surface area contributed by atoms with Gasteiger partial charge in [-0.25, -0.2) is 0 Å². The van der Waals surface area contributed by atoms with Gasteiger partial charge in [-0.2, -0.15) is 0 Å². The Labute approximate surface area is 316 Å². The molecule has 0 N–H and O–H groups in total. The lowest BCUT2D eigenvalue weighted by molar-refractivity contribution is 0.670. The molecule has 256 valence electrons. The van der Waals surface area contributed by atoms with Crippen LogP contribution >= 0.6 is 0 Å². The summed E-state index contributed by atoms with van der Waals surface area (Å²) in [4.78, 5) is 0. The van der Waals surface area contributed by atoms with Crippen LogP contribution in [0.25, 0.3) is 110 Å². The Balaban J connectivity index is 0.998. The second-order valence-corrected chi connectivity index (χ2v) is 14.5. The fourth-order valence-electron chi connectivity index (χ4n) is 8.95. The average molecular weight is 701 g/mol. The number of fused-ring (bicyclic) bond motifs is 10. The third-order valence-corrected chi connectivity index (χ3v) is 11.5. The van der Waals surface area contributed by atoms with Crippen LogP contribution in [0.15, 0.2) is 199 Å². The van der Waals surface area contributed by atoms with Crippen molar-refractivity contribution >= 4 is 76.3 Å². The molecule has 0 atom stereocenters. The van der Waals surface area contributed by atoms with Crippen LogP contribution in [0.2, 0.25) is 0 Å². The summed E-state index contributed by atoms with van der Waals surface area (Å²) in [6, 6.07) is 70.3. The van der Waals surface area contributed by atoms with Gasteiger partial charge in [-0.3, -0.25) is 0 Å². The Morgan fingerprint density at radius 3 is 1.76 bits per heavy atom. The van der Waals surface area contributed by atoms with Gasteiger partial charge in [0.2, 0.25) is 0 Å². The van der Waals surface area contributed by atoms with Gasteiger partial charge >= 0.3 is 0 Å². The second kappa shape index (κ2) is 11.6. The fourth-order valence-corrected chi connectivity index (χ4v) is 8.95. The fraction of sp³-hybridized carbons (Fsp3) is 0. The number of para-hydroxylation sites is 5. The molecule has 0 fully saturated rings. The normalized spacial score (nSPS) is 12.0. The lowest BCUT2D eigenvalue weighted by Gasteiger charge is -2.12. The summed E-state index contributed by atoms with van der Waals surface area (Å²) >= 11 is 0. The van der Waals surface area contributed by atoms with Gasteiger partial charge in [0.15, 0.2) is 0 Å². The van der Waals surface area contributed by atoms with Crippen molar-refractivity contribution in [2.45, 2.75) is 0 Å². The van der Waals surface area contributed by atoms with E-state index in [1.54, 1.807) is 0 Å². The van der Waals surface area contributed by atoms with E-state index in [9.17, 15) is 0 Å². The molecule has 0 amide bonds. The number of rotatable bonds is 4. The summed E-state index contributed by atoms with van der Waals surface area (Å²) in [5, 5.41) is 9.69. The number of hydrogen-bond acceptors (Lipinski definition) is 1. The molecule has 12 aromatic rings. The summed E-state index contributed by atoms with van der Waals surface area (Å²) in [6.07, 6.45) is 0. The van der Waals surface area contributed by atoms with Gasteiger partial charge in [0.05, 0.1) is 22.1 Å². The second-order valence-electron chi connectivity index (χ2n) is 14.5. The highest BCUT2D eigenvalue weighted by atomic mass is 16.3. The molecule has 0 saturated heterocycles. The van der Waals surface area contributed by atoms with E-state index < -0.39 is 0 Å². The Hall–Kier alpha value is -7.36. The first kappa shape index (κ1) is 30.1. The molecule has 3 heteroatoms. The minimum atomic E-state index is 0.918. The van der Waals surface area contributed by atoms with Crippen LogP contribution in [0.3, 0.4) is 0 Å². The van der Waals surface area contributed by atoms with Crippen LogP contribution in [0.5, 0.6) is 0 Å². The van der Waals surface area contributed by atoms with Gasteiger partial charge in [-0.1, -0.05) is 127 Å². The molecule has 0 aliphatic carbocycles. The molecule has 55 heavy (non-hydrogen) atoms. The zero-order valence-electron chi connectivity index (χ0n) is 29.8. The quantitative estimate of drug-likeness (QED) is 0.179.